The van der Waals surface area contributed by atoms with E-state index in [1.165, 1.54) is 41.9 Å². The molecule has 1 aromatic carbocycles. The van der Waals surface area contributed by atoms with Crippen LogP contribution in [0.1, 0.15) is 9.67 Å². The number of non-ortho nitro benzene ring substituents is 1. The first-order valence-electron chi connectivity index (χ1n) is 6.46. The van der Waals surface area contributed by atoms with E-state index in [-0.39, 0.29) is 11.6 Å². The monoisotopic (exact) mass is 349 g/mol. The van der Waals surface area contributed by atoms with Gasteiger partial charge in [-0.15, -0.1) is 11.3 Å². The number of hydrogen-bond acceptors (Lipinski definition) is 6. The molecule has 0 spiro atoms. The third-order valence-corrected chi connectivity index (χ3v) is 5.14. The minimum absolute atomic E-state index is 0.0627. The third kappa shape index (κ3) is 2.76. The maximum atomic E-state index is 12.1. The Morgan fingerprint density at radius 2 is 2.22 bits per heavy atom. The molecule has 9 heteroatoms. The first kappa shape index (κ1) is 15.4. The summed E-state index contributed by atoms with van der Waals surface area (Å²) in [6.07, 6.45) is 0. The van der Waals surface area contributed by atoms with Gasteiger partial charge in [-0.3, -0.25) is 14.9 Å². The Labute approximate surface area is 138 Å². The zero-order chi connectivity index (χ0) is 16.6. The highest BCUT2D eigenvalue weighted by molar-refractivity contribution is 7.16. The lowest BCUT2D eigenvalue weighted by molar-refractivity contribution is -0.384. The van der Waals surface area contributed by atoms with Gasteiger partial charge in [0.2, 0.25) is 0 Å². The van der Waals surface area contributed by atoms with Crippen molar-refractivity contribution in [3.05, 3.63) is 49.4 Å². The van der Waals surface area contributed by atoms with Gasteiger partial charge in [-0.1, -0.05) is 17.4 Å². The van der Waals surface area contributed by atoms with Gasteiger partial charge in [-0.2, -0.15) is 4.99 Å². The van der Waals surface area contributed by atoms with Gasteiger partial charge in [-0.25, -0.2) is 0 Å². The Morgan fingerprint density at radius 1 is 1.43 bits per heavy atom. The van der Waals surface area contributed by atoms with Crippen molar-refractivity contribution in [1.29, 1.82) is 0 Å². The summed E-state index contributed by atoms with van der Waals surface area (Å²) in [6.45, 7) is 0. The van der Waals surface area contributed by atoms with E-state index < -0.39 is 4.92 Å². The van der Waals surface area contributed by atoms with Gasteiger partial charge in [0.15, 0.2) is 10.6 Å². The number of aromatic nitrogens is 1. The summed E-state index contributed by atoms with van der Waals surface area (Å²) in [5.41, 5.74) is 0.605. The van der Waals surface area contributed by atoms with Gasteiger partial charge >= 0.3 is 0 Å². The highest BCUT2D eigenvalue weighted by Gasteiger charge is 2.17. The molecule has 0 aliphatic carbocycles. The quantitative estimate of drug-likeness (QED) is 0.537. The van der Waals surface area contributed by atoms with Crippen LogP contribution in [-0.2, 0) is 7.05 Å². The predicted octanol–water partition coefficient (Wildman–Crippen LogP) is 2.96. The minimum Gasteiger partial charge on any atom is -0.494 e. The minimum atomic E-state index is -0.477. The second-order valence-electron chi connectivity index (χ2n) is 4.59. The van der Waals surface area contributed by atoms with Crippen LogP contribution < -0.4 is 9.54 Å². The molecule has 0 fully saturated rings. The molecule has 1 amide bonds. The van der Waals surface area contributed by atoms with Gasteiger partial charge in [0.05, 0.1) is 27.7 Å². The van der Waals surface area contributed by atoms with Crippen LogP contribution in [0.3, 0.4) is 0 Å². The number of carbonyl (C=O) groups is 1. The molecule has 0 saturated heterocycles. The number of thiophene rings is 1. The van der Waals surface area contributed by atoms with Crippen LogP contribution in [0.2, 0.25) is 0 Å². The van der Waals surface area contributed by atoms with Crippen molar-refractivity contribution in [1.82, 2.24) is 4.57 Å². The highest BCUT2D eigenvalue weighted by atomic mass is 32.1. The van der Waals surface area contributed by atoms with Gasteiger partial charge in [0, 0.05) is 13.1 Å². The summed E-state index contributed by atoms with van der Waals surface area (Å²) < 4.78 is 7.58. The van der Waals surface area contributed by atoms with Crippen molar-refractivity contribution in [3.63, 3.8) is 0 Å². The molecule has 0 unspecified atom stereocenters. The Kier molecular flexibility index (Phi) is 3.97. The number of nitro groups is 1. The van der Waals surface area contributed by atoms with E-state index >= 15 is 0 Å². The number of nitrogens with zero attached hydrogens (tertiary/aromatic N) is 3. The Balaban J connectivity index is 2.22. The molecule has 2 aromatic heterocycles. The van der Waals surface area contributed by atoms with Crippen LogP contribution in [0.15, 0.2) is 34.6 Å². The molecule has 0 aliphatic heterocycles. The number of rotatable bonds is 3. The zero-order valence-electron chi connectivity index (χ0n) is 12.2. The van der Waals surface area contributed by atoms with E-state index in [4.69, 9.17) is 4.74 Å². The smallest absolute Gasteiger partial charge is 0.289 e. The molecule has 0 radical (unpaired) electrons. The summed E-state index contributed by atoms with van der Waals surface area (Å²) in [5, 5.41) is 12.8. The van der Waals surface area contributed by atoms with E-state index in [1.807, 2.05) is 0 Å². The number of fused-ring (bicyclic) bond motifs is 1. The van der Waals surface area contributed by atoms with E-state index in [2.05, 4.69) is 4.99 Å². The molecule has 2 heterocycles. The topological polar surface area (TPSA) is 86.7 Å². The fourth-order valence-corrected chi connectivity index (χ4v) is 3.81. The standard InChI is InChI=1S/C14H11N3O4S2/c1-16-12-9(21-2)6-8(17(19)20)7-11(12)23-14(16)15-13(18)10-4-3-5-22-10/h3-7H,1-2H3. The molecule has 0 atom stereocenters. The van der Waals surface area contributed by atoms with Crippen LogP contribution in [0, 0.1) is 10.1 Å². The highest BCUT2D eigenvalue weighted by Crippen LogP contribution is 2.32. The summed E-state index contributed by atoms with van der Waals surface area (Å²) in [6, 6.07) is 6.30. The summed E-state index contributed by atoms with van der Waals surface area (Å²) in [4.78, 5) is 27.8. The summed E-state index contributed by atoms with van der Waals surface area (Å²) in [7, 11) is 3.19. The Hall–Kier alpha value is -2.52. The van der Waals surface area contributed by atoms with Crippen molar-refractivity contribution >= 4 is 44.5 Å². The number of thiazole rings is 1. The molecule has 7 nitrogen and oxygen atoms in total. The molecule has 0 bridgehead atoms. The SMILES string of the molecule is COc1cc([N+](=O)[O-])cc2sc(=NC(=O)c3cccs3)n(C)c12. The van der Waals surface area contributed by atoms with Crippen LogP contribution in [0.4, 0.5) is 5.69 Å². The lowest BCUT2D eigenvalue weighted by Crippen LogP contribution is -2.13. The number of amides is 1. The number of benzene rings is 1. The predicted molar refractivity (Wildman–Crippen MR) is 88.2 cm³/mol. The maximum Gasteiger partial charge on any atom is 0.289 e. The number of nitro benzene ring substituents is 1. The van der Waals surface area contributed by atoms with Gasteiger partial charge in [-0.05, 0) is 11.4 Å². The molecule has 23 heavy (non-hydrogen) atoms. The lowest BCUT2D eigenvalue weighted by Gasteiger charge is -2.03. The number of carbonyl (C=O) groups excluding carboxylic acids is 1. The normalized spacial score (nSPS) is 11.8. The number of aryl methyl sites for hydroxylation is 1. The summed E-state index contributed by atoms with van der Waals surface area (Å²) >= 11 is 2.52. The van der Waals surface area contributed by atoms with Crippen LogP contribution in [-0.4, -0.2) is 22.5 Å². The van der Waals surface area contributed by atoms with Crippen LogP contribution >= 0.6 is 22.7 Å². The summed E-state index contributed by atoms with van der Waals surface area (Å²) in [5.74, 6) is 0.0357. The van der Waals surface area contributed by atoms with Gasteiger partial charge < -0.3 is 9.30 Å². The average molecular weight is 349 g/mol. The van der Waals surface area contributed by atoms with Gasteiger partial charge in [0.25, 0.3) is 11.6 Å². The van der Waals surface area contributed by atoms with E-state index in [9.17, 15) is 14.9 Å². The van der Waals surface area contributed by atoms with Gasteiger partial charge in [0.1, 0.15) is 5.52 Å². The molecule has 3 aromatic rings. The number of hydrogen-bond donors (Lipinski definition) is 0. The molecule has 0 N–H and O–H groups in total. The largest absolute Gasteiger partial charge is 0.494 e. The Bertz CT molecular complexity index is 970. The molecule has 0 saturated carbocycles. The average Bonchev–Trinajstić information content (AvgIpc) is 3.15. The second kappa shape index (κ2) is 5.94. The second-order valence-corrected chi connectivity index (χ2v) is 6.55. The van der Waals surface area contributed by atoms with Crippen LogP contribution in [0.25, 0.3) is 10.2 Å². The van der Waals surface area contributed by atoms with E-state index in [1.54, 1.807) is 29.1 Å². The fourth-order valence-electron chi connectivity index (χ4n) is 2.14. The van der Waals surface area contributed by atoms with Crippen LogP contribution in [0.5, 0.6) is 5.75 Å². The molecule has 3 rings (SSSR count). The van der Waals surface area contributed by atoms with E-state index in [0.717, 1.165) is 0 Å². The number of methoxy groups -OCH3 is 1. The third-order valence-electron chi connectivity index (χ3n) is 3.21. The van der Waals surface area contributed by atoms with Crippen molar-refractivity contribution in [2.45, 2.75) is 0 Å². The molecule has 118 valence electrons. The molecule has 0 aliphatic rings. The fraction of sp³-hybridized carbons (Fsp3) is 0.143. The number of ether oxygens (including phenoxy) is 1. The Morgan fingerprint density at radius 3 is 2.83 bits per heavy atom. The molecular weight excluding hydrogens is 338 g/mol. The van der Waals surface area contributed by atoms with Crippen molar-refractivity contribution in [3.8, 4) is 5.75 Å². The molecular formula is C14H11N3O4S2. The lowest BCUT2D eigenvalue weighted by atomic mass is 10.2. The first-order chi connectivity index (χ1) is 11.0. The van der Waals surface area contributed by atoms with Crippen molar-refractivity contribution < 1.29 is 14.5 Å². The first-order valence-corrected chi connectivity index (χ1v) is 8.15. The van der Waals surface area contributed by atoms with E-state index in [0.29, 0.717) is 25.6 Å². The maximum absolute atomic E-state index is 12.1. The van der Waals surface area contributed by atoms with Crippen molar-refractivity contribution in [2.24, 2.45) is 12.0 Å². The van der Waals surface area contributed by atoms with Crippen molar-refractivity contribution in [2.75, 3.05) is 7.11 Å². The zero-order valence-corrected chi connectivity index (χ0v) is 13.8.